The Labute approximate surface area is 104 Å². The SMILES string of the molecule is COc1nc2cc(N3CCNCC3)c(F)cc2[nH]1. The highest BCUT2D eigenvalue weighted by molar-refractivity contribution is 5.80. The summed E-state index contributed by atoms with van der Waals surface area (Å²) in [6, 6.07) is 3.65. The van der Waals surface area contributed by atoms with Crippen LogP contribution in [0.15, 0.2) is 12.1 Å². The van der Waals surface area contributed by atoms with E-state index in [4.69, 9.17) is 4.74 Å². The zero-order valence-electron chi connectivity index (χ0n) is 10.2. The Balaban J connectivity index is 2.02. The lowest BCUT2D eigenvalue weighted by molar-refractivity contribution is 0.386. The van der Waals surface area contributed by atoms with Gasteiger partial charge in [0.15, 0.2) is 0 Å². The second-order valence-corrected chi connectivity index (χ2v) is 4.30. The van der Waals surface area contributed by atoms with Gasteiger partial charge in [-0.2, -0.15) is 4.98 Å². The molecule has 1 aromatic carbocycles. The number of benzene rings is 1. The van der Waals surface area contributed by atoms with Gasteiger partial charge in [-0.3, -0.25) is 0 Å². The number of hydrogen-bond acceptors (Lipinski definition) is 4. The molecule has 0 bridgehead atoms. The van der Waals surface area contributed by atoms with Gasteiger partial charge in [-0.25, -0.2) is 4.39 Å². The number of nitrogens with one attached hydrogen (secondary N) is 2. The summed E-state index contributed by atoms with van der Waals surface area (Å²) in [6.07, 6.45) is 0. The predicted octanol–water partition coefficient (Wildman–Crippen LogP) is 1.12. The molecule has 3 rings (SSSR count). The largest absolute Gasteiger partial charge is 0.468 e. The Morgan fingerprint density at radius 1 is 1.33 bits per heavy atom. The van der Waals surface area contributed by atoms with Crippen LogP contribution in [0.4, 0.5) is 10.1 Å². The quantitative estimate of drug-likeness (QED) is 0.838. The Hall–Kier alpha value is -1.82. The predicted molar refractivity (Wildman–Crippen MR) is 67.7 cm³/mol. The number of H-pyrrole nitrogens is 1. The van der Waals surface area contributed by atoms with Crippen molar-refractivity contribution in [3.63, 3.8) is 0 Å². The molecule has 96 valence electrons. The molecule has 2 N–H and O–H groups in total. The summed E-state index contributed by atoms with van der Waals surface area (Å²) in [7, 11) is 1.53. The standard InChI is InChI=1S/C12H15FN4O/c1-18-12-15-9-6-8(13)11(7-10(9)16-12)17-4-2-14-3-5-17/h6-7,14H,2-5H2,1H3,(H,15,16). The third-order valence-corrected chi connectivity index (χ3v) is 3.18. The highest BCUT2D eigenvalue weighted by atomic mass is 19.1. The topological polar surface area (TPSA) is 53.2 Å². The van der Waals surface area contributed by atoms with Gasteiger partial charge >= 0.3 is 0 Å². The van der Waals surface area contributed by atoms with Crippen molar-refractivity contribution in [1.29, 1.82) is 0 Å². The van der Waals surface area contributed by atoms with Crippen molar-refractivity contribution in [2.24, 2.45) is 0 Å². The minimum absolute atomic E-state index is 0.226. The van der Waals surface area contributed by atoms with E-state index in [9.17, 15) is 4.39 Å². The number of fused-ring (bicyclic) bond motifs is 1. The number of piperazine rings is 1. The number of halogens is 1. The first kappa shape index (κ1) is 11.3. The summed E-state index contributed by atoms with van der Waals surface area (Å²) in [5, 5.41) is 3.25. The molecule has 2 heterocycles. The van der Waals surface area contributed by atoms with Gasteiger partial charge in [0.2, 0.25) is 0 Å². The van der Waals surface area contributed by atoms with Crippen molar-refractivity contribution in [2.45, 2.75) is 0 Å². The molecule has 0 saturated carbocycles. The van der Waals surface area contributed by atoms with Crippen molar-refractivity contribution >= 4 is 16.7 Å². The maximum Gasteiger partial charge on any atom is 0.294 e. The second-order valence-electron chi connectivity index (χ2n) is 4.30. The molecular formula is C12H15FN4O. The Morgan fingerprint density at radius 3 is 2.83 bits per heavy atom. The molecule has 0 spiro atoms. The average Bonchev–Trinajstić information content (AvgIpc) is 2.80. The molecule has 1 aromatic heterocycles. The lowest BCUT2D eigenvalue weighted by atomic mass is 10.2. The number of anilines is 1. The monoisotopic (exact) mass is 250 g/mol. The van der Waals surface area contributed by atoms with Crippen LogP contribution in [0.1, 0.15) is 0 Å². The van der Waals surface area contributed by atoms with E-state index in [1.807, 2.05) is 4.90 Å². The Kier molecular flexibility index (Phi) is 2.79. The third-order valence-electron chi connectivity index (χ3n) is 3.18. The number of nitrogens with zero attached hydrogens (tertiary/aromatic N) is 2. The molecule has 2 aromatic rings. The Morgan fingerprint density at radius 2 is 2.11 bits per heavy atom. The smallest absolute Gasteiger partial charge is 0.294 e. The van der Waals surface area contributed by atoms with Crippen LogP contribution < -0.4 is 15.0 Å². The van der Waals surface area contributed by atoms with Crippen LogP contribution in [-0.4, -0.2) is 43.3 Å². The van der Waals surface area contributed by atoms with E-state index < -0.39 is 0 Å². The van der Waals surface area contributed by atoms with Crippen molar-refractivity contribution in [3.8, 4) is 6.01 Å². The lowest BCUT2D eigenvalue weighted by Gasteiger charge is -2.29. The van der Waals surface area contributed by atoms with Gasteiger partial charge < -0.3 is 19.9 Å². The van der Waals surface area contributed by atoms with Gasteiger partial charge in [0, 0.05) is 32.2 Å². The molecule has 1 saturated heterocycles. The normalized spacial score (nSPS) is 16.2. The highest BCUT2D eigenvalue weighted by Gasteiger charge is 2.16. The van der Waals surface area contributed by atoms with Gasteiger partial charge in [0.05, 0.1) is 23.8 Å². The number of hydrogen-bond donors (Lipinski definition) is 2. The summed E-state index contributed by atoms with van der Waals surface area (Å²) >= 11 is 0. The van der Waals surface area contributed by atoms with Crippen LogP contribution in [0.25, 0.3) is 11.0 Å². The molecule has 1 fully saturated rings. The van der Waals surface area contributed by atoms with Crippen LogP contribution in [0, 0.1) is 5.82 Å². The van der Waals surface area contributed by atoms with Gasteiger partial charge in [-0.1, -0.05) is 0 Å². The number of imidazole rings is 1. The molecule has 0 aliphatic carbocycles. The molecule has 0 amide bonds. The Bertz CT molecular complexity index is 562. The molecule has 5 nitrogen and oxygen atoms in total. The van der Waals surface area contributed by atoms with E-state index >= 15 is 0 Å². The zero-order valence-corrected chi connectivity index (χ0v) is 10.2. The number of methoxy groups -OCH3 is 1. The number of aromatic nitrogens is 2. The average molecular weight is 250 g/mol. The minimum Gasteiger partial charge on any atom is -0.468 e. The van der Waals surface area contributed by atoms with Crippen LogP contribution in [0.5, 0.6) is 6.01 Å². The first-order chi connectivity index (χ1) is 8.78. The fraction of sp³-hybridized carbons (Fsp3) is 0.417. The van der Waals surface area contributed by atoms with E-state index in [0.717, 1.165) is 31.7 Å². The van der Waals surface area contributed by atoms with Crippen LogP contribution in [-0.2, 0) is 0 Å². The van der Waals surface area contributed by atoms with Crippen LogP contribution in [0.3, 0.4) is 0 Å². The highest BCUT2D eigenvalue weighted by Crippen LogP contribution is 2.26. The fourth-order valence-electron chi connectivity index (χ4n) is 2.24. The molecule has 18 heavy (non-hydrogen) atoms. The number of ether oxygens (including phenoxy) is 1. The first-order valence-corrected chi connectivity index (χ1v) is 5.97. The van der Waals surface area contributed by atoms with Gasteiger partial charge in [0.25, 0.3) is 6.01 Å². The number of rotatable bonds is 2. The lowest BCUT2D eigenvalue weighted by Crippen LogP contribution is -2.43. The van der Waals surface area contributed by atoms with Crippen molar-refractivity contribution in [2.75, 3.05) is 38.2 Å². The second kappa shape index (κ2) is 4.45. The summed E-state index contributed by atoms with van der Waals surface area (Å²) in [5.74, 6) is -0.226. The van der Waals surface area contributed by atoms with E-state index in [1.165, 1.54) is 13.2 Å². The van der Waals surface area contributed by atoms with Gasteiger partial charge in [0.1, 0.15) is 5.82 Å². The minimum atomic E-state index is -0.226. The number of aromatic amines is 1. The molecule has 0 unspecified atom stereocenters. The maximum atomic E-state index is 14.1. The zero-order chi connectivity index (χ0) is 12.5. The maximum absolute atomic E-state index is 14.1. The fourth-order valence-corrected chi connectivity index (χ4v) is 2.24. The van der Waals surface area contributed by atoms with Crippen LogP contribution in [0.2, 0.25) is 0 Å². The summed E-state index contributed by atoms with van der Waals surface area (Å²) in [6.45, 7) is 3.37. The summed E-state index contributed by atoms with van der Waals surface area (Å²) in [4.78, 5) is 9.19. The summed E-state index contributed by atoms with van der Waals surface area (Å²) in [5.41, 5.74) is 1.99. The molecule has 0 radical (unpaired) electrons. The molecular weight excluding hydrogens is 235 g/mol. The van der Waals surface area contributed by atoms with E-state index in [2.05, 4.69) is 15.3 Å². The molecule has 1 aliphatic rings. The van der Waals surface area contributed by atoms with Crippen molar-refractivity contribution in [1.82, 2.24) is 15.3 Å². The molecule has 0 atom stereocenters. The first-order valence-electron chi connectivity index (χ1n) is 5.97. The van der Waals surface area contributed by atoms with Crippen molar-refractivity contribution < 1.29 is 9.13 Å². The van der Waals surface area contributed by atoms with E-state index in [-0.39, 0.29) is 5.82 Å². The molecule has 1 aliphatic heterocycles. The van der Waals surface area contributed by atoms with Gasteiger partial charge in [-0.05, 0) is 6.07 Å². The summed E-state index contributed by atoms with van der Waals surface area (Å²) < 4.78 is 19.1. The van der Waals surface area contributed by atoms with Gasteiger partial charge in [-0.15, -0.1) is 0 Å². The van der Waals surface area contributed by atoms with E-state index in [1.54, 1.807) is 6.07 Å². The van der Waals surface area contributed by atoms with Crippen LogP contribution >= 0.6 is 0 Å². The van der Waals surface area contributed by atoms with E-state index in [0.29, 0.717) is 17.2 Å². The third kappa shape index (κ3) is 1.88. The molecule has 6 heteroatoms. The van der Waals surface area contributed by atoms with Crippen molar-refractivity contribution in [3.05, 3.63) is 17.9 Å².